The van der Waals surface area contributed by atoms with Crippen LogP contribution in [0, 0.1) is 0 Å². The lowest BCUT2D eigenvalue weighted by Gasteiger charge is -2.08. The van der Waals surface area contributed by atoms with Gasteiger partial charge >= 0.3 is 0 Å². The lowest BCUT2D eigenvalue weighted by atomic mass is 10.1. The number of hydrogen-bond acceptors (Lipinski definition) is 5. The van der Waals surface area contributed by atoms with Gasteiger partial charge in [0.2, 0.25) is 5.75 Å². The van der Waals surface area contributed by atoms with Crippen LogP contribution in [-0.2, 0) is 4.79 Å². The number of quaternary nitrogens is 1. The van der Waals surface area contributed by atoms with E-state index in [1.54, 1.807) is 6.92 Å². The Bertz CT molecular complexity index is 512. The van der Waals surface area contributed by atoms with Gasteiger partial charge in [-0.05, 0) is 19.1 Å². The standard InChI is InChI=1S/C12H17N3O4/c1-7(13-14-10(17)6-15(2)3)8-4-5-9(16)12(19)11(8)18/h4-5,16,18-19H,6H2,1-3H3,(H,14,17)/p+1/b13-7+. The molecule has 0 aliphatic carbocycles. The molecular formula is C12H18N3O4+. The molecule has 0 aliphatic heterocycles. The number of nitrogens with zero attached hydrogens (tertiary/aromatic N) is 1. The summed E-state index contributed by atoms with van der Waals surface area (Å²) in [5.41, 5.74) is 2.89. The van der Waals surface area contributed by atoms with Gasteiger partial charge in [0.15, 0.2) is 18.0 Å². The molecule has 7 nitrogen and oxygen atoms in total. The fourth-order valence-electron chi connectivity index (χ4n) is 1.43. The highest BCUT2D eigenvalue weighted by molar-refractivity contribution is 6.02. The Balaban J connectivity index is 2.86. The van der Waals surface area contributed by atoms with Crippen LogP contribution in [0.5, 0.6) is 17.2 Å². The third-order valence-electron chi connectivity index (χ3n) is 2.38. The zero-order chi connectivity index (χ0) is 14.6. The largest absolute Gasteiger partial charge is 0.504 e. The van der Waals surface area contributed by atoms with Crippen LogP contribution in [0.2, 0.25) is 0 Å². The molecule has 0 saturated carbocycles. The van der Waals surface area contributed by atoms with Gasteiger partial charge in [0.25, 0.3) is 5.91 Å². The van der Waals surface area contributed by atoms with Gasteiger partial charge in [-0.2, -0.15) is 5.10 Å². The second-order valence-electron chi connectivity index (χ2n) is 4.45. The number of nitrogens with one attached hydrogen (secondary N) is 2. The van der Waals surface area contributed by atoms with Crippen molar-refractivity contribution in [3.8, 4) is 17.2 Å². The highest BCUT2D eigenvalue weighted by Crippen LogP contribution is 2.37. The molecular weight excluding hydrogens is 250 g/mol. The van der Waals surface area contributed by atoms with E-state index in [1.807, 2.05) is 14.1 Å². The fraction of sp³-hybridized carbons (Fsp3) is 0.333. The van der Waals surface area contributed by atoms with E-state index < -0.39 is 17.2 Å². The third-order valence-corrected chi connectivity index (χ3v) is 2.38. The van der Waals surface area contributed by atoms with Crippen molar-refractivity contribution in [2.24, 2.45) is 5.10 Å². The Morgan fingerprint density at radius 3 is 2.47 bits per heavy atom. The van der Waals surface area contributed by atoms with Crippen LogP contribution < -0.4 is 10.3 Å². The minimum absolute atomic E-state index is 0.229. The maximum atomic E-state index is 11.4. The van der Waals surface area contributed by atoms with Gasteiger partial charge in [0.1, 0.15) is 0 Å². The summed E-state index contributed by atoms with van der Waals surface area (Å²) in [5, 5.41) is 32.1. The zero-order valence-corrected chi connectivity index (χ0v) is 11.1. The van der Waals surface area contributed by atoms with Gasteiger partial charge in [0.05, 0.1) is 19.8 Å². The fourth-order valence-corrected chi connectivity index (χ4v) is 1.43. The highest BCUT2D eigenvalue weighted by atomic mass is 16.3. The molecule has 1 aromatic carbocycles. The summed E-state index contributed by atoms with van der Waals surface area (Å²) in [6, 6.07) is 2.63. The van der Waals surface area contributed by atoms with Crippen molar-refractivity contribution in [1.29, 1.82) is 0 Å². The molecule has 1 amide bonds. The molecule has 0 unspecified atom stereocenters. The summed E-state index contributed by atoms with van der Waals surface area (Å²) < 4.78 is 0. The van der Waals surface area contributed by atoms with Crippen LogP contribution in [0.15, 0.2) is 17.2 Å². The van der Waals surface area contributed by atoms with E-state index >= 15 is 0 Å². The quantitative estimate of drug-likeness (QED) is 0.268. The Morgan fingerprint density at radius 1 is 1.26 bits per heavy atom. The predicted molar refractivity (Wildman–Crippen MR) is 69.5 cm³/mol. The average molecular weight is 268 g/mol. The predicted octanol–water partition coefficient (Wildman–Crippen LogP) is -1.21. The van der Waals surface area contributed by atoms with Crippen LogP contribution >= 0.6 is 0 Å². The molecule has 19 heavy (non-hydrogen) atoms. The van der Waals surface area contributed by atoms with Gasteiger partial charge in [-0.1, -0.05) is 0 Å². The lowest BCUT2D eigenvalue weighted by molar-refractivity contribution is -0.849. The second kappa shape index (κ2) is 6.05. The van der Waals surface area contributed by atoms with Crippen LogP contribution in [-0.4, -0.2) is 47.6 Å². The van der Waals surface area contributed by atoms with Crippen LogP contribution in [0.3, 0.4) is 0 Å². The first-order valence-corrected chi connectivity index (χ1v) is 5.69. The number of benzene rings is 1. The van der Waals surface area contributed by atoms with Crippen LogP contribution in [0.4, 0.5) is 0 Å². The van der Waals surface area contributed by atoms with Crippen LogP contribution in [0.1, 0.15) is 12.5 Å². The number of phenolic OH excluding ortho intramolecular Hbond substituents is 3. The first-order valence-electron chi connectivity index (χ1n) is 5.69. The van der Waals surface area contributed by atoms with Gasteiger partial charge in [-0.25, -0.2) is 5.43 Å². The van der Waals surface area contributed by atoms with E-state index in [1.165, 1.54) is 12.1 Å². The summed E-state index contributed by atoms with van der Waals surface area (Å²) >= 11 is 0. The maximum Gasteiger partial charge on any atom is 0.295 e. The molecule has 7 heteroatoms. The average Bonchev–Trinajstić information content (AvgIpc) is 2.32. The highest BCUT2D eigenvalue weighted by Gasteiger charge is 2.13. The van der Waals surface area contributed by atoms with Crippen molar-refractivity contribution in [3.05, 3.63) is 17.7 Å². The van der Waals surface area contributed by atoms with Crippen LogP contribution in [0.25, 0.3) is 0 Å². The second-order valence-corrected chi connectivity index (χ2v) is 4.45. The van der Waals surface area contributed by atoms with Crippen molar-refractivity contribution < 1.29 is 25.0 Å². The molecule has 0 spiro atoms. The van der Waals surface area contributed by atoms with Gasteiger partial charge in [-0.15, -0.1) is 0 Å². The lowest BCUT2D eigenvalue weighted by Crippen LogP contribution is -3.07. The molecule has 5 N–H and O–H groups in total. The number of phenols is 3. The molecule has 1 rings (SSSR count). The number of carbonyl (C=O) groups is 1. The smallest absolute Gasteiger partial charge is 0.295 e. The first kappa shape index (κ1) is 14.8. The van der Waals surface area contributed by atoms with Crippen molar-refractivity contribution in [3.63, 3.8) is 0 Å². The van der Waals surface area contributed by atoms with E-state index in [2.05, 4.69) is 10.5 Å². The number of hydrazone groups is 1. The maximum absolute atomic E-state index is 11.4. The van der Waals surface area contributed by atoms with E-state index in [-0.39, 0.29) is 18.0 Å². The summed E-state index contributed by atoms with van der Waals surface area (Å²) in [4.78, 5) is 12.4. The number of carbonyl (C=O) groups excluding carboxylic acids is 1. The van der Waals surface area contributed by atoms with Crippen molar-refractivity contribution in [2.75, 3.05) is 20.6 Å². The normalized spacial score (nSPS) is 11.7. The van der Waals surface area contributed by atoms with Gasteiger partial charge in [0, 0.05) is 5.56 Å². The number of hydrogen-bond donors (Lipinski definition) is 5. The zero-order valence-electron chi connectivity index (χ0n) is 11.1. The van der Waals surface area contributed by atoms with Gasteiger partial charge < -0.3 is 20.2 Å². The monoisotopic (exact) mass is 268 g/mol. The third kappa shape index (κ3) is 3.85. The Hall–Kier alpha value is -2.28. The Kier molecular flexibility index (Phi) is 4.71. The molecule has 0 saturated heterocycles. The molecule has 0 heterocycles. The first-order chi connectivity index (χ1) is 8.82. The molecule has 0 aromatic heterocycles. The van der Waals surface area contributed by atoms with Crippen molar-refractivity contribution in [1.82, 2.24) is 5.43 Å². The van der Waals surface area contributed by atoms with Crippen molar-refractivity contribution >= 4 is 11.6 Å². The molecule has 0 aliphatic rings. The SMILES string of the molecule is C/C(=N\NC(=O)C[NH+](C)C)c1ccc(O)c(O)c1O. The molecule has 0 radical (unpaired) electrons. The Labute approximate surface area is 110 Å². The number of likely N-dealkylation sites (N-methyl/N-ethyl adjacent to an activating group) is 1. The molecule has 104 valence electrons. The van der Waals surface area contributed by atoms with E-state index in [9.17, 15) is 20.1 Å². The summed E-state index contributed by atoms with van der Waals surface area (Å²) in [5.74, 6) is -1.78. The number of amides is 1. The Morgan fingerprint density at radius 2 is 1.89 bits per heavy atom. The summed E-state index contributed by atoms with van der Waals surface area (Å²) in [6.45, 7) is 1.83. The number of aromatic hydroxyl groups is 3. The summed E-state index contributed by atoms with van der Waals surface area (Å²) in [6.07, 6.45) is 0. The topological polar surface area (TPSA) is 107 Å². The summed E-state index contributed by atoms with van der Waals surface area (Å²) in [7, 11) is 3.67. The molecule has 1 aromatic rings. The van der Waals surface area contributed by atoms with E-state index in [0.717, 1.165) is 4.90 Å². The van der Waals surface area contributed by atoms with E-state index in [4.69, 9.17) is 0 Å². The minimum atomic E-state index is -0.615. The molecule has 0 bridgehead atoms. The van der Waals surface area contributed by atoms with Crippen molar-refractivity contribution in [2.45, 2.75) is 6.92 Å². The molecule has 0 fully saturated rings. The van der Waals surface area contributed by atoms with Gasteiger partial charge in [-0.3, -0.25) is 4.79 Å². The molecule has 0 atom stereocenters. The number of rotatable bonds is 4. The minimum Gasteiger partial charge on any atom is -0.504 e. The van der Waals surface area contributed by atoms with E-state index in [0.29, 0.717) is 5.71 Å².